The number of carbonyl (C=O) groups is 1. The lowest BCUT2D eigenvalue weighted by Gasteiger charge is -2.20. The van der Waals surface area contributed by atoms with Crippen LogP contribution in [0.25, 0.3) is 11.3 Å². The minimum atomic E-state index is -0.853. The first-order valence-corrected chi connectivity index (χ1v) is 8.70. The number of benzene rings is 2. The summed E-state index contributed by atoms with van der Waals surface area (Å²) in [5, 5.41) is 14.3. The van der Waals surface area contributed by atoms with Crippen LogP contribution >= 0.6 is 0 Å². The van der Waals surface area contributed by atoms with Crippen molar-refractivity contribution in [2.45, 2.75) is 6.10 Å². The average Bonchev–Trinajstić information content (AvgIpc) is 3.23. The van der Waals surface area contributed by atoms with Crippen LogP contribution in [-0.4, -0.2) is 48.9 Å². The smallest absolute Gasteiger partial charge is 0.275 e. The Balaban J connectivity index is 1.70. The van der Waals surface area contributed by atoms with Crippen molar-refractivity contribution >= 4 is 5.91 Å². The van der Waals surface area contributed by atoms with Crippen LogP contribution in [-0.2, 0) is 0 Å². The molecular formula is C21H22N2O5. The summed E-state index contributed by atoms with van der Waals surface area (Å²) < 4.78 is 15.7. The molecule has 0 saturated carbocycles. The van der Waals surface area contributed by atoms with Gasteiger partial charge in [0, 0.05) is 18.7 Å². The molecule has 0 aliphatic rings. The van der Waals surface area contributed by atoms with E-state index in [9.17, 15) is 9.90 Å². The summed E-state index contributed by atoms with van der Waals surface area (Å²) in [5.74, 6) is 1.44. The highest BCUT2D eigenvalue weighted by Crippen LogP contribution is 2.25. The summed E-state index contributed by atoms with van der Waals surface area (Å²) in [6, 6.07) is 16.0. The molecule has 7 nitrogen and oxygen atoms in total. The van der Waals surface area contributed by atoms with Gasteiger partial charge in [0.2, 0.25) is 0 Å². The number of aromatic nitrogens is 1. The molecule has 0 fully saturated rings. The number of ether oxygens (including phenoxy) is 2. The van der Waals surface area contributed by atoms with Gasteiger partial charge in [-0.05, 0) is 29.8 Å². The zero-order valence-corrected chi connectivity index (χ0v) is 16.0. The van der Waals surface area contributed by atoms with Crippen molar-refractivity contribution in [3.63, 3.8) is 0 Å². The van der Waals surface area contributed by atoms with Crippen molar-refractivity contribution in [1.29, 1.82) is 0 Å². The Morgan fingerprint density at radius 1 is 1.11 bits per heavy atom. The van der Waals surface area contributed by atoms with E-state index < -0.39 is 6.10 Å². The molecule has 3 aromatic rings. The Morgan fingerprint density at radius 2 is 1.79 bits per heavy atom. The van der Waals surface area contributed by atoms with Crippen molar-refractivity contribution in [3.8, 4) is 22.8 Å². The summed E-state index contributed by atoms with van der Waals surface area (Å²) in [7, 11) is 4.74. The molecule has 1 unspecified atom stereocenters. The molecule has 0 spiro atoms. The number of carbonyl (C=O) groups excluding carboxylic acids is 1. The third-order valence-corrected chi connectivity index (χ3v) is 4.36. The van der Waals surface area contributed by atoms with Gasteiger partial charge in [-0.25, -0.2) is 0 Å². The van der Waals surface area contributed by atoms with Gasteiger partial charge in [-0.1, -0.05) is 29.4 Å². The Kier molecular flexibility index (Phi) is 5.96. The van der Waals surface area contributed by atoms with Gasteiger partial charge in [-0.2, -0.15) is 0 Å². The fourth-order valence-electron chi connectivity index (χ4n) is 2.78. The molecule has 3 rings (SSSR count). The third kappa shape index (κ3) is 4.32. The van der Waals surface area contributed by atoms with E-state index in [1.807, 2.05) is 18.2 Å². The molecule has 0 saturated heterocycles. The topological polar surface area (TPSA) is 85.0 Å². The molecule has 0 aliphatic carbocycles. The van der Waals surface area contributed by atoms with Crippen LogP contribution < -0.4 is 9.47 Å². The highest BCUT2D eigenvalue weighted by molar-refractivity contribution is 5.93. The molecular weight excluding hydrogens is 360 g/mol. The average molecular weight is 382 g/mol. The molecule has 1 heterocycles. The van der Waals surface area contributed by atoms with Crippen molar-refractivity contribution in [2.24, 2.45) is 0 Å². The number of nitrogens with zero attached hydrogens (tertiary/aromatic N) is 2. The van der Waals surface area contributed by atoms with Crippen LogP contribution in [0.3, 0.4) is 0 Å². The zero-order chi connectivity index (χ0) is 20.1. The highest BCUT2D eigenvalue weighted by atomic mass is 16.5. The number of rotatable bonds is 7. The maximum Gasteiger partial charge on any atom is 0.275 e. The molecule has 0 bridgehead atoms. The van der Waals surface area contributed by atoms with Gasteiger partial charge >= 0.3 is 0 Å². The number of hydrogen-bond acceptors (Lipinski definition) is 6. The van der Waals surface area contributed by atoms with Crippen LogP contribution in [0.1, 0.15) is 22.2 Å². The fraction of sp³-hybridized carbons (Fsp3) is 0.238. The SMILES string of the molecule is COc1cccc(-c2cc(C(=O)N(C)CC(O)c3cccc(OC)c3)no2)c1. The predicted octanol–water partition coefficient (Wildman–Crippen LogP) is 3.16. The van der Waals surface area contributed by atoms with E-state index in [0.29, 0.717) is 22.8 Å². The van der Waals surface area contributed by atoms with Gasteiger partial charge < -0.3 is 24.0 Å². The van der Waals surface area contributed by atoms with E-state index in [1.54, 1.807) is 57.7 Å². The lowest BCUT2D eigenvalue weighted by atomic mass is 10.1. The minimum Gasteiger partial charge on any atom is -0.497 e. The van der Waals surface area contributed by atoms with Gasteiger partial charge in [0.25, 0.3) is 5.91 Å². The highest BCUT2D eigenvalue weighted by Gasteiger charge is 2.21. The first-order valence-electron chi connectivity index (χ1n) is 8.70. The standard InChI is InChI=1S/C21H22N2O5/c1-23(13-19(24)14-6-4-8-16(10-14)26-2)21(25)18-12-20(28-22-18)15-7-5-9-17(11-15)27-3/h4-12,19,24H,13H2,1-3H3. The van der Waals surface area contributed by atoms with E-state index in [-0.39, 0.29) is 18.1 Å². The third-order valence-electron chi connectivity index (χ3n) is 4.36. The normalized spacial score (nSPS) is 11.7. The number of likely N-dealkylation sites (N-methyl/N-ethyl adjacent to an activating group) is 1. The minimum absolute atomic E-state index is 0.105. The molecule has 1 atom stereocenters. The maximum atomic E-state index is 12.6. The lowest BCUT2D eigenvalue weighted by molar-refractivity contribution is 0.0671. The van der Waals surface area contributed by atoms with Crippen molar-refractivity contribution in [1.82, 2.24) is 10.1 Å². The summed E-state index contributed by atoms with van der Waals surface area (Å²) in [6.07, 6.45) is -0.853. The Hall–Kier alpha value is -3.32. The van der Waals surface area contributed by atoms with Crippen LogP contribution in [0.4, 0.5) is 0 Å². The number of aliphatic hydroxyl groups excluding tert-OH is 1. The van der Waals surface area contributed by atoms with Crippen LogP contribution in [0.15, 0.2) is 59.1 Å². The van der Waals surface area contributed by atoms with Crippen molar-refractivity contribution in [2.75, 3.05) is 27.8 Å². The van der Waals surface area contributed by atoms with Gasteiger partial charge in [0.15, 0.2) is 11.5 Å². The van der Waals surface area contributed by atoms with E-state index in [4.69, 9.17) is 14.0 Å². The van der Waals surface area contributed by atoms with Crippen LogP contribution in [0, 0.1) is 0 Å². The molecule has 28 heavy (non-hydrogen) atoms. The quantitative estimate of drug-likeness (QED) is 0.676. The molecule has 0 aliphatic heterocycles. The summed E-state index contributed by atoms with van der Waals surface area (Å²) >= 11 is 0. The number of methoxy groups -OCH3 is 2. The van der Waals surface area contributed by atoms with E-state index in [2.05, 4.69) is 5.16 Å². The lowest BCUT2D eigenvalue weighted by Crippen LogP contribution is -2.31. The molecule has 0 radical (unpaired) electrons. The van der Waals surface area contributed by atoms with Gasteiger partial charge in [-0.3, -0.25) is 4.79 Å². The molecule has 1 N–H and O–H groups in total. The first kappa shape index (κ1) is 19.4. The largest absolute Gasteiger partial charge is 0.497 e. The monoisotopic (exact) mass is 382 g/mol. The second-order valence-electron chi connectivity index (χ2n) is 6.29. The van der Waals surface area contributed by atoms with Crippen LogP contribution in [0.2, 0.25) is 0 Å². The number of aliphatic hydroxyl groups is 1. The summed E-state index contributed by atoms with van der Waals surface area (Å²) in [4.78, 5) is 14.0. The van der Waals surface area contributed by atoms with E-state index in [0.717, 1.165) is 5.56 Å². The Morgan fingerprint density at radius 3 is 2.50 bits per heavy atom. The number of amides is 1. The molecule has 2 aromatic carbocycles. The molecule has 146 valence electrons. The van der Waals surface area contributed by atoms with Crippen molar-refractivity contribution in [3.05, 3.63) is 65.9 Å². The first-order chi connectivity index (χ1) is 13.5. The Labute approximate surface area is 163 Å². The molecule has 1 amide bonds. The fourth-order valence-corrected chi connectivity index (χ4v) is 2.78. The van der Waals surface area contributed by atoms with Gasteiger partial charge in [0.05, 0.1) is 26.9 Å². The predicted molar refractivity (Wildman–Crippen MR) is 103 cm³/mol. The van der Waals surface area contributed by atoms with Gasteiger partial charge in [0.1, 0.15) is 11.5 Å². The van der Waals surface area contributed by atoms with Crippen LogP contribution in [0.5, 0.6) is 11.5 Å². The van der Waals surface area contributed by atoms with E-state index >= 15 is 0 Å². The Bertz CT molecular complexity index is 953. The van der Waals surface area contributed by atoms with Crippen molar-refractivity contribution < 1.29 is 23.9 Å². The van der Waals surface area contributed by atoms with Gasteiger partial charge in [-0.15, -0.1) is 0 Å². The number of hydrogen-bond donors (Lipinski definition) is 1. The summed E-state index contributed by atoms with van der Waals surface area (Å²) in [5.41, 5.74) is 1.58. The van der Waals surface area contributed by atoms with E-state index in [1.165, 1.54) is 4.90 Å². The second-order valence-corrected chi connectivity index (χ2v) is 6.29. The molecule has 1 aromatic heterocycles. The molecule has 7 heteroatoms. The maximum absolute atomic E-state index is 12.6. The summed E-state index contributed by atoms with van der Waals surface area (Å²) in [6.45, 7) is 0.105. The second kappa shape index (κ2) is 8.58. The zero-order valence-electron chi connectivity index (χ0n) is 16.0.